The molecule has 2 N–H and O–H groups in total. The molecule has 5 heteroatoms. The van der Waals surface area contributed by atoms with Gasteiger partial charge in [0.2, 0.25) is 11.8 Å². The molecule has 21 heavy (non-hydrogen) atoms. The van der Waals surface area contributed by atoms with Crippen LogP contribution in [0.2, 0.25) is 0 Å². The Bertz CT molecular complexity index is 476. The molecule has 1 aromatic carbocycles. The number of amides is 2. The van der Waals surface area contributed by atoms with Crippen molar-refractivity contribution in [1.82, 2.24) is 10.6 Å². The van der Waals surface area contributed by atoms with Gasteiger partial charge in [0.05, 0.1) is 13.2 Å². The number of ether oxygens (including phenoxy) is 1. The lowest BCUT2D eigenvalue weighted by atomic mass is 10.1. The molecule has 1 aliphatic rings. The number of nitrogens with one attached hydrogen (secondary N) is 2. The van der Waals surface area contributed by atoms with Crippen LogP contribution in [-0.4, -0.2) is 30.5 Å². The number of piperazine rings is 1. The van der Waals surface area contributed by atoms with Gasteiger partial charge in [0.25, 0.3) is 0 Å². The summed E-state index contributed by atoms with van der Waals surface area (Å²) < 4.78 is 5.52. The molecule has 1 heterocycles. The van der Waals surface area contributed by atoms with E-state index in [2.05, 4.69) is 17.6 Å². The van der Waals surface area contributed by atoms with Crippen LogP contribution in [0.25, 0.3) is 0 Å². The molecule has 2 amide bonds. The van der Waals surface area contributed by atoms with Crippen molar-refractivity contribution in [2.45, 2.75) is 44.9 Å². The molecule has 0 saturated carbocycles. The average molecular weight is 290 g/mol. The van der Waals surface area contributed by atoms with E-state index in [4.69, 9.17) is 4.74 Å². The summed E-state index contributed by atoms with van der Waals surface area (Å²) >= 11 is 0. The third kappa shape index (κ3) is 4.56. The van der Waals surface area contributed by atoms with E-state index in [1.54, 1.807) is 0 Å². The van der Waals surface area contributed by atoms with Crippen LogP contribution in [0, 0.1) is 0 Å². The van der Waals surface area contributed by atoms with Gasteiger partial charge in [-0.3, -0.25) is 9.59 Å². The second kappa shape index (κ2) is 7.78. The molecule has 1 fully saturated rings. The highest BCUT2D eigenvalue weighted by Crippen LogP contribution is 2.07. The SMILES string of the molecule is CCCC[C@@H]1NC(=O)[C@H](COCc2ccccc2)NC1=O. The number of carbonyl (C=O) groups excluding carboxylic acids is 2. The zero-order chi connectivity index (χ0) is 15.1. The van der Waals surface area contributed by atoms with Crippen LogP contribution in [-0.2, 0) is 20.9 Å². The van der Waals surface area contributed by atoms with E-state index in [1.807, 2.05) is 30.3 Å². The molecule has 2 atom stereocenters. The van der Waals surface area contributed by atoms with Crippen molar-refractivity contribution < 1.29 is 14.3 Å². The smallest absolute Gasteiger partial charge is 0.245 e. The summed E-state index contributed by atoms with van der Waals surface area (Å²) in [5.41, 5.74) is 1.04. The summed E-state index contributed by atoms with van der Waals surface area (Å²) in [4.78, 5) is 23.9. The molecule has 114 valence electrons. The van der Waals surface area contributed by atoms with Crippen LogP contribution in [0.1, 0.15) is 31.7 Å². The van der Waals surface area contributed by atoms with Gasteiger partial charge in [0, 0.05) is 0 Å². The summed E-state index contributed by atoms with van der Waals surface area (Å²) in [7, 11) is 0. The zero-order valence-electron chi connectivity index (χ0n) is 12.3. The summed E-state index contributed by atoms with van der Waals surface area (Å²) in [5.74, 6) is -0.278. The lowest BCUT2D eigenvalue weighted by molar-refractivity contribution is -0.138. The minimum atomic E-state index is -0.598. The fraction of sp³-hybridized carbons (Fsp3) is 0.500. The molecule has 0 bridgehead atoms. The van der Waals surface area contributed by atoms with Crippen molar-refractivity contribution in [2.24, 2.45) is 0 Å². The quantitative estimate of drug-likeness (QED) is 0.797. The van der Waals surface area contributed by atoms with E-state index in [0.29, 0.717) is 13.0 Å². The fourth-order valence-electron chi connectivity index (χ4n) is 2.27. The molecule has 0 spiro atoms. The lowest BCUT2D eigenvalue weighted by Gasteiger charge is -2.29. The zero-order valence-corrected chi connectivity index (χ0v) is 12.3. The second-order valence-corrected chi connectivity index (χ2v) is 5.27. The van der Waals surface area contributed by atoms with Gasteiger partial charge in [0.1, 0.15) is 12.1 Å². The number of unbranched alkanes of at least 4 members (excludes halogenated alkanes) is 1. The largest absolute Gasteiger partial charge is 0.374 e. The third-order valence-electron chi connectivity index (χ3n) is 3.51. The maximum atomic E-state index is 11.9. The number of hydrogen-bond acceptors (Lipinski definition) is 3. The van der Waals surface area contributed by atoms with Crippen molar-refractivity contribution in [2.75, 3.05) is 6.61 Å². The lowest BCUT2D eigenvalue weighted by Crippen LogP contribution is -2.62. The van der Waals surface area contributed by atoms with Crippen molar-refractivity contribution in [3.8, 4) is 0 Å². The molecule has 0 aromatic heterocycles. The summed E-state index contributed by atoms with van der Waals surface area (Å²) in [6, 6.07) is 8.73. The van der Waals surface area contributed by atoms with Gasteiger partial charge in [-0.25, -0.2) is 0 Å². The minimum absolute atomic E-state index is 0.114. The Kier molecular flexibility index (Phi) is 5.75. The van der Waals surface area contributed by atoms with E-state index in [1.165, 1.54) is 0 Å². The molecule has 1 aliphatic heterocycles. The molecule has 0 radical (unpaired) electrons. The first-order chi connectivity index (χ1) is 10.2. The molecular formula is C16H22N2O3. The second-order valence-electron chi connectivity index (χ2n) is 5.27. The molecule has 5 nitrogen and oxygen atoms in total. The fourth-order valence-corrected chi connectivity index (χ4v) is 2.27. The summed E-state index contributed by atoms with van der Waals surface area (Å²) in [6.45, 7) is 2.68. The van der Waals surface area contributed by atoms with Gasteiger partial charge in [-0.1, -0.05) is 50.1 Å². The van der Waals surface area contributed by atoms with Crippen LogP contribution in [0.4, 0.5) is 0 Å². The number of carbonyl (C=O) groups is 2. The predicted octanol–water partition coefficient (Wildman–Crippen LogP) is 1.38. The van der Waals surface area contributed by atoms with Gasteiger partial charge in [-0.05, 0) is 12.0 Å². The molecule has 1 saturated heterocycles. The highest BCUT2D eigenvalue weighted by Gasteiger charge is 2.33. The van der Waals surface area contributed by atoms with Crippen LogP contribution in [0.3, 0.4) is 0 Å². The Morgan fingerprint density at radius 3 is 2.43 bits per heavy atom. The van der Waals surface area contributed by atoms with Crippen molar-refractivity contribution in [1.29, 1.82) is 0 Å². The minimum Gasteiger partial charge on any atom is -0.374 e. The molecular weight excluding hydrogens is 268 g/mol. The predicted molar refractivity (Wildman–Crippen MR) is 79.5 cm³/mol. The molecule has 0 unspecified atom stereocenters. The summed E-state index contributed by atoms with van der Waals surface area (Å²) in [5, 5.41) is 5.50. The van der Waals surface area contributed by atoms with Gasteiger partial charge >= 0.3 is 0 Å². The summed E-state index contributed by atoms with van der Waals surface area (Å²) in [6.07, 6.45) is 2.61. The van der Waals surface area contributed by atoms with Gasteiger partial charge in [0.15, 0.2) is 0 Å². The molecule has 0 aliphatic carbocycles. The monoisotopic (exact) mass is 290 g/mol. The van der Waals surface area contributed by atoms with Crippen LogP contribution in [0.15, 0.2) is 30.3 Å². The van der Waals surface area contributed by atoms with Gasteiger partial charge in [-0.15, -0.1) is 0 Å². The van der Waals surface area contributed by atoms with E-state index in [0.717, 1.165) is 18.4 Å². The highest BCUT2D eigenvalue weighted by atomic mass is 16.5. The molecule has 1 aromatic rings. The first kappa shape index (κ1) is 15.5. The number of benzene rings is 1. The normalized spacial score (nSPS) is 21.8. The Balaban J connectivity index is 1.77. The van der Waals surface area contributed by atoms with E-state index in [9.17, 15) is 9.59 Å². The standard InChI is InChI=1S/C16H22N2O3/c1-2-3-9-13-15(19)18-14(16(20)17-13)11-21-10-12-7-5-4-6-8-12/h4-8,13-14H,2-3,9-11H2,1H3,(H,17,20)(H,18,19)/t13-,14-/m0/s1. The number of rotatable bonds is 7. The van der Waals surface area contributed by atoms with Crippen LogP contribution < -0.4 is 10.6 Å². The van der Waals surface area contributed by atoms with E-state index >= 15 is 0 Å². The van der Waals surface area contributed by atoms with Gasteiger partial charge < -0.3 is 15.4 Å². The Hall–Kier alpha value is -1.88. The topological polar surface area (TPSA) is 67.4 Å². The first-order valence-electron chi connectivity index (χ1n) is 7.43. The Morgan fingerprint density at radius 2 is 1.71 bits per heavy atom. The maximum Gasteiger partial charge on any atom is 0.245 e. The Morgan fingerprint density at radius 1 is 1.05 bits per heavy atom. The van der Waals surface area contributed by atoms with Crippen molar-refractivity contribution in [3.05, 3.63) is 35.9 Å². The van der Waals surface area contributed by atoms with Crippen molar-refractivity contribution in [3.63, 3.8) is 0 Å². The van der Waals surface area contributed by atoms with Crippen LogP contribution >= 0.6 is 0 Å². The van der Waals surface area contributed by atoms with Gasteiger partial charge in [-0.2, -0.15) is 0 Å². The third-order valence-corrected chi connectivity index (χ3v) is 3.51. The molecule has 2 rings (SSSR count). The number of hydrogen-bond donors (Lipinski definition) is 2. The van der Waals surface area contributed by atoms with Crippen LogP contribution in [0.5, 0.6) is 0 Å². The van der Waals surface area contributed by atoms with E-state index in [-0.39, 0.29) is 18.4 Å². The first-order valence-corrected chi connectivity index (χ1v) is 7.43. The maximum absolute atomic E-state index is 11.9. The highest BCUT2D eigenvalue weighted by molar-refractivity contribution is 5.96. The van der Waals surface area contributed by atoms with Crippen molar-refractivity contribution >= 4 is 11.8 Å². The van der Waals surface area contributed by atoms with E-state index < -0.39 is 12.1 Å². The average Bonchev–Trinajstić information content (AvgIpc) is 2.50. The Labute approximate surface area is 125 Å².